The molecule has 1 N–H and O–H groups in total. The van der Waals surface area contributed by atoms with E-state index in [0.29, 0.717) is 18.5 Å². The Morgan fingerprint density at radius 1 is 0.923 bits per heavy atom. The number of carbonyl (C=O) groups excluding carboxylic acids is 2. The van der Waals surface area contributed by atoms with Crippen molar-refractivity contribution in [2.24, 2.45) is 0 Å². The lowest BCUT2D eigenvalue weighted by molar-refractivity contribution is -0.141. The summed E-state index contributed by atoms with van der Waals surface area (Å²) in [7, 11) is -0.736. The Morgan fingerprint density at radius 3 is 2.13 bits per heavy atom. The molecular weight excluding hydrogens is 521 g/mol. The molecule has 0 radical (unpaired) electrons. The summed E-state index contributed by atoms with van der Waals surface area (Å²) in [4.78, 5) is 28.5. The summed E-state index contributed by atoms with van der Waals surface area (Å²) < 4.78 is 43.7. The van der Waals surface area contributed by atoms with Crippen molar-refractivity contribution in [2.75, 3.05) is 33.5 Å². The topological polar surface area (TPSA) is 96.0 Å². The van der Waals surface area contributed by atoms with Crippen LogP contribution < -0.4 is 10.1 Å². The van der Waals surface area contributed by atoms with Crippen LogP contribution in [0.3, 0.4) is 0 Å². The van der Waals surface area contributed by atoms with Crippen LogP contribution in [0.15, 0.2) is 78.9 Å². The minimum absolute atomic E-state index is 0.000114. The van der Waals surface area contributed by atoms with E-state index < -0.39 is 34.3 Å². The predicted molar refractivity (Wildman–Crippen MR) is 148 cm³/mol. The third-order valence-electron chi connectivity index (χ3n) is 6.33. The van der Waals surface area contributed by atoms with Crippen LogP contribution in [0.4, 0.5) is 4.39 Å². The molecule has 0 aliphatic carbocycles. The van der Waals surface area contributed by atoms with Crippen LogP contribution in [0.1, 0.15) is 16.7 Å². The van der Waals surface area contributed by atoms with Gasteiger partial charge < -0.3 is 15.0 Å². The molecule has 0 aliphatic rings. The van der Waals surface area contributed by atoms with Crippen molar-refractivity contribution >= 4 is 21.8 Å². The van der Waals surface area contributed by atoms with Crippen LogP contribution >= 0.6 is 0 Å². The zero-order valence-corrected chi connectivity index (χ0v) is 23.2. The number of likely N-dealkylation sites (N-methyl/N-ethyl adjacent to an activating group) is 1. The van der Waals surface area contributed by atoms with E-state index >= 15 is 0 Å². The third kappa shape index (κ3) is 9.19. The second-order valence-electron chi connectivity index (χ2n) is 9.26. The Hall–Kier alpha value is -3.76. The number of ether oxygens (including phenoxy) is 1. The molecule has 0 aromatic heterocycles. The molecule has 0 saturated heterocycles. The van der Waals surface area contributed by atoms with E-state index in [1.165, 1.54) is 36.2 Å². The van der Waals surface area contributed by atoms with Gasteiger partial charge in [-0.1, -0.05) is 54.6 Å². The van der Waals surface area contributed by atoms with Crippen LogP contribution in [0.2, 0.25) is 0 Å². The van der Waals surface area contributed by atoms with E-state index in [1.54, 1.807) is 7.11 Å². The SMILES string of the molecule is COc1ccc(CCNC(=O)[C@H](Cc2ccccc2)N(Cc2ccc(F)cc2)C(=O)CN(C)S(C)(=O)=O)cc1. The smallest absolute Gasteiger partial charge is 0.243 e. The van der Waals surface area contributed by atoms with E-state index in [0.717, 1.165) is 27.4 Å². The van der Waals surface area contributed by atoms with Crippen LogP contribution in [0, 0.1) is 5.82 Å². The van der Waals surface area contributed by atoms with Crippen LogP contribution in [-0.2, 0) is 39.0 Å². The van der Waals surface area contributed by atoms with Gasteiger partial charge in [-0.2, -0.15) is 4.31 Å². The van der Waals surface area contributed by atoms with Crippen LogP contribution in [-0.4, -0.2) is 69.0 Å². The number of nitrogens with one attached hydrogen (secondary N) is 1. The predicted octanol–water partition coefficient (Wildman–Crippen LogP) is 3.02. The lowest BCUT2D eigenvalue weighted by atomic mass is 10.0. The van der Waals surface area contributed by atoms with Gasteiger partial charge in [-0.05, 0) is 47.4 Å². The quantitative estimate of drug-likeness (QED) is 0.350. The summed E-state index contributed by atoms with van der Waals surface area (Å²) in [5, 5.41) is 2.94. The highest BCUT2D eigenvalue weighted by Crippen LogP contribution is 2.17. The van der Waals surface area contributed by atoms with Gasteiger partial charge in [0, 0.05) is 26.6 Å². The molecular formula is C29H34FN3O5S. The highest BCUT2D eigenvalue weighted by atomic mass is 32.2. The number of hydrogen-bond donors (Lipinski definition) is 1. The number of rotatable bonds is 13. The number of hydrogen-bond acceptors (Lipinski definition) is 5. The van der Waals surface area contributed by atoms with Gasteiger partial charge in [0.25, 0.3) is 0 Å². The minimum Gasteiger partial charge on any atom is -0.497 e. The lowest BCUT2D eigenvalue weighted by Crippen LogP contribution is -2.53. The van der Waals surface area contributed by atoms with Crippen molar-refractivity contribution in [3.05, 3.63) is 101 Å². The van der Waals surface area contributed by atoms with Crippen molar-refractivity contribution in [1.82, 2.24) is 14.5 Å². The van der Waals surface area contributed by atoms with E-state index in [9.17, 15) is 22.4 Å². The van der Waals surface area contributed by atoms with Gasteiger partial charge in [0.2, 0.25) is 21.8 Å². The molecule has 0 unspecified atom stereocenters. The van der Waals surface area contributed by atoms with Gasteiger partial charge in [-0.25, -0.2) is 12.8 Å². The zero-order valence-electron chi connectivity index (χ0n) is 22.3. The highest BCUT2D eigenvalue weighted by molar-refractivity contribution is 7.88. The maximum Gasteiger partial charge on any atom is 0.243 e. The van der Waals surface area contributed by atoms with E-state index in [1.807, 2.05) is 54.6 Å². The molecule has 8 nitrogen and oxygen atoms in total. The minimum atomic E-state index is -3.64. The molecule has 10 heteroatoms. The Bertz CT molecular complexity index is 1330. The summed E-state index contributed by atoms with van der Waals surface area (Å²) in [6.45, 7) is -0.108. The van der Waals surface area contributed by atoms with E-state index in [-0.39, 0.29) is 18.9 Å². The summed E-state index contributed by atoms with van der Waals surface area (Å²) in [6, 6.07) is 21.5. The number of methoxy groups -OCH3 is 1. The number of carbonyl (C=O) groups is 2. The molecule has 0 aliphatic heterocycles. The average molecular weight is 556 g/mol. The standard InChI is InChI=1S/C29H34FN3O5S/c1-32(39(3,36)37)21-28(34)33(20-24-9-13-25(30)14-10-24)27(19-23-7-5-4-6-8-23)29(35)31-18-17-22-11-15-26(38-2)16-12-22/h4-16,27H,17-21H2,1-3H3,(H,31,35)/t27-/m0/s1. The second-order valence-corrected chi connectivity index (χ2v) is 11.4. The number of sulfonamides is 1. The van der Waals surface area contributed by atoms with Gasteiger partial charge in [0.05, 0.1) is 19.9 Å². The summed E-state index contributed by atoms with van der Waals surface area (Å²) in [5.74, 6) is -0.603. The molecule has 0 spiro atoms. The van der Waals surface area contributed by atoms with Crippen molar-refractivity contribution < 1.29 is 27.1 Å². The molecule has 1 atom stereocenters. The number of nitrogens with zero attached hydrogens (tertiary/aromatic N) is 2. The molecule has 3 aromatic carbocycles. The van der Waals surface area contributed by atoms with Gasteiger partial charge in [0.15, 0.2) is 0 Å². The normalized spacial score (nSPS) is 12.1. The first-order chi connectivity index (χ1) is 18.6. The van der Waals surface area contributed by atoms with Gasteiger partial charge in [-0.15, -0.1) is 0 Å². The lowest BCUT2D eigenvalue weighted by Gasteiger charge is -2.32. The first-order valence-electron chi connectivity index (χ1n) is 12.5. The van der Waals surface area contributed by atoms with Crippen molar-refractivity contribution in [1.29, 1.82) is 0 Å². The number of amides is 2. The molecule has 3 rings (SSSR count). The molecule has 0 bridgehead atoms. The third-order valence-corrected chi connectivity index (χ3v) is 7.59. The van der Waals surface area contributed by atoms with Gasteiger partial charge in [0.1, 0.15) is 17.6 Å². The first kappa shape index (κ1) is 29.8. The van der Waals surface area contributed by atoms with Crippen molar-refractivity contribution in [3.63, 3.8) is 0 Å². The Kier molecular flexibility index (Phi) is 10.6. The molecule has 0 saturated carbocycles. The Morgan fingerprint density at radius 2 is 1.54 bits per heavy atom. The molecule has 0 heterocycles. The zero-order chi connectivity index (χ0) is 28.4. The van der Waals surface area contributed by atoms with Crippen LogP contribution in [0.25, 0.3) is 0 Å². The molecule has 2 amide bonds. The second kappa shape index (κ2) is 13.9. The maximum absolute atomic E-state index is 13.6. The van der Waals surface area contributed by atoms with E-state index in [4.69, 9.17) is 4.74 Å². The maximum atomic E-state index is 13.6. The highest BCUT2D eigenvalue weighted by Gasteiger charge is 2.31. The van der Waals surface area contributed by atoms with E-state index in [2.05, 4.69) is 5.32 Å². The van der Waals surface area contributed by atoms with Crippen LogP contribution in [0.5, 0.6) is 5.75 Å². The first-order valence-corrected chi connectivity index (χ1v) is 14.3. The summed E-state index contributed by atoms with van der Waals surface area (Å²) >= 11 is 0. The fraction of sp³-hybridized carbons (Fsp3) is 0.310. The molecule has 0 fully saturated rings. The summed E-state index contributed by atoms with van der Waals surface area (Å²) in [5.41, 5.74) is 2.45. The Balaban J connectivity index is 1.87. The summed E-state index contributed by atoms with van der Waals surface area (Å²) in [6.07, 6.45) is 1.79. The van der Waals surface area contributed by atoms with Crippen molar-refractivity contribution in [3.8, 4) is 5.75 Å². The molecule has 208 valence electrons. The number of benzene rings is 3. The largest absolute Gasteiger partial charge is 0.497 e. The number of halogens is 1. The average Bonchev–Trinajstić information content (AvgIpc) is 2.92. The monoisotopic (exact) mass is 555 g/mol. The van der Waals surface area contributed by atoms with Gasteiger partial charge >= 0.3 is 0 Å². The fourth-order valence-electron chi connectivity index (χ4n) is 3.98. The van der Waals surface area contributed by atoms with Gasteiger partial charge in [-0.3, -0.25) is 9.59 Å². The molecule has 39 heavy (non-hydrogen) atoms. The molecule has 3 aromatic rings. The Labute approximate surface area is 229 Å². The fourth-order valence-corrected chi connectivity index (χ4v) is 4.32. The van der Waals surface area contributed by atoms with Crippen molar-refractivity contribution in [2.45, 2.75) is 25.4 Å².